The zero-order chi connectivity index (χ0) is 19.7. The van der Waals surface area contributed by atoms with Gasteiger partial charge in [-0.15, -0.1) is 0 Å². The average molecular weight is 427 g/mol. The second-order valence-electron chi connectivity index (χ2n) is 6.28. The first-order chi connectivity index (χ1) is 13.5. The van der Waals surface area contributed by atoms with Gasteiger partial charge in [0.25, 0.3) is 5.91 Å². The fourth-order valence-corrected chi connectivity index (χ4v) is 3.70. The molecule has 4 rings (SSSR count). The molecule has 1 amide bonds. The van der Waals surface area contributed by atoms with Gasteiger partial charge in [-0.3, -0.25) is 9.69 Å². The number of amides is 1. The lowest BCUT2D eigenvalue weighted by atomic mass is 10.1. The summed E-state index contributed by atoms with van der Waals surface area (Å²) in [6, 6.07) is 22.2. The van der Waals surface area contributed by atoms with Crippen LogP contribution in [0.5, 0.6) is 0 Å². The van der Waals surface area contributed by atoms with Crippen molar-refractivity contribution in [2.75, 3.05) is 4.90 Å². The number of rotatable bonds is 3. The Bertz CT molecular complexity index is 1100. The van der Waals surface area contributed by atoms with Gasteiger partial charge in [-0.2, -0.15) is 0 Å². The second-order valence-corrected chi connectivity index (χ2v) is 7.56. The minimum atomic E-state index is -0.155. The molecule has 0 aromatic heterocycles. The van der Waals surface area contributed by atoms with Gasteiger partial charge in [-0.1, -0.05) is 77.3 Å². The predicted octanol–water partition coefficient (Wildman–Crippen LogP) is 7.12. The van der Waals surface area contributed by atoms with Crippen LogP contribution in [0.4, 0.5) is 5.69 Å². The van der Waals surface area contributed by atoms with Gasteiger partial charge < -0.3 is 0 Å². The van der Waals surface area contributed by atoms with Crippen molar-refractivity contribution in [2.45, 2.75) is 0 Å². The summed E-state index contributed by atoms with van der Waals surface area (Å²) in [5.74, 6) is -0.155. The molecule has 5 heteroatoms. The van der Waals surface area contributed by atoms with Gasteiger partial charge >= 0.3 is 0 Å². The Morgan fingerprint density at radius 1 is 0.786 bits per heavy atom. The number of carbonyl (C=O) groups excluding carboxylic acids is 1. The van der Waals surface area contributed by atoms with Crippen molar-refractivity contribution in [3.8, 4) is 0 Å². The van der Waals surface area contributed by atoms with Crippen molar-refractivity contribution in [2.24, 2.45) is 0 Å². The molecule has 0 saturated carbocycles. The van der Waals surface area contributed by atoms with E-state index in [1.165, 1.54) is 0 Å². The SMILES string of the molecule is O=C1/C(=C/c2ccc(Cl)cc2)C=C(c2ccccc2)N1c1ccc(Cl)cc1Cl. The van der Waals surface area contributed by atoms with Gasteiger partial charge in [-0.25, -0.2) is 0 Å². The zero-order valence-corrected chi connectivity index (χ0v) is 16.8. The van der Waals surface area contributed by atoms with Crippen molar-refractivity contribution in [3.63, 3.8) is 0 Å². The third-order valence-corrected chi connectivity index (χ3v) is 5.19. The van der Waals surface area contributed by atoms with E-state index in [-0.39, 0.29) is 5.91 Å². The van der Waals surface area contributed by atoms with Gasteiger partial charge in [0.05, 0.1) is 16.4 Å². The third kappa shape index (κ3) is 3.72. The fraction of sp³-hybridized carbons (Fsp3) is 0. The number of anilines is 1. The van der Waals surface area contributed by atoms with Gasteiger partial charge in [0, 0.05) is 15.6 Å². The molecule has 2 nitrogen and oxygen atoms in total. The van der Waals surface area contributed by atoms with Crippen LogP contribution in [-0.4, -0.2) is 5.91 Å². The van der Waals surface area contributed by atoms with E-state index in [0.717, 1.165) is 16.8 Å². The highest BCUT2D eigenvalue weighted by molar-refractivity contribution is 6.38. The molecule has 138 valence electrons. The molecule has 0 N–H and O–H groups in total. The summed E-state index contributed by atoms with van der Waals surface area (Å²) >= 11 is 18.4. The Balaban J connectivity index is 1.84. The lowest BCUT2D eigenvalue weighted by Gasteiger charge is -2.22. The average Bonchev–Trinajstić information content (AvgIpc) is 3.01. The molecule has 0 radical (unpaired) electrons. The summed E-state index contributed by atoms with van der Waals surface area (Å²) in [4.78, 5) is 14.9. The zero-order valence-electron chi connectivity index (χ0n) is 14.6. The van der Waals surface area contributed by atoms with Crippen molar-refractivity contribution in [3.05, 3.63) is 111 Å². The molecule has 0 bridgehead atoms. The third-order valence-electron chi connectivity index (χ3n) is 4.40. The highest BCUT2D eigenvalue weighted by Crippen LogP contribution is 2.39. The van der Waals surface area contributed by atoms with Gasteiger partial charge in [0.2, 0.25) is 0 Å². The molecule has 3 aromatic carbocycles. The number of hydrogen-bond acceptors (Lipinski definition) is 1. The van der Waals surface area contributed by atoms with Crippen LogP contribution >= 0.6 is 34.8 Å². The summed E-state index contributed by atoms with van der Waals surface area (Å²) in [5.41, 5.74) is 3.72. The Kier molecular flexibility index (Phi) is 5.27. The van der Waals surface area contributed by atoms with E-state index < -0.39 is 0 Å². The fourth-order valence-electron chi connectivity index (χ4n) is 3.08. The summed E-state index contributed by atoms with van der Waals surface area (Å²) < 4.78 is 0. The molecule has 1 heterocycles. The van der Waals surface area contributed by atoms with E-state index in [0.29, 0.717) is 26.3 Å². The molecule has 28 heavy (non-hydrogen) atoms. The smallest absolute Gasteiger partial charge is 0.262 e. The molecule has 0 unspecified atom stereocenters. The van der Waals surface area contributed by atoms with Crippen LogP contribution in [0.2, 0.25) is 15.1 Å². The summed E-state index contributed by atoms with van der Waals surface area (Å²) in [6.45, 7) is 0. The van der Waals surface area contributed by atoms with E-state index in [1.807, 2.05) is 54.6 Å². The van der Waals surface area contributed by atoms with E-state index in [2.05, 4.69) is 0 Å². The summed E-state index contributed by atoms with van der Waals surface area (Å²) in [6.07, 6.45) is 3.71. The standard InChI is InChI=1S/C23H14Cl3NO/c24-18-8-6-15(7-9-18)12-17-13-22(16-4-2-1-3-5-16)27(23(17)28)21-11-10-19(25)14-20(21)26/h1-14H/b17-12+. The molecule has 1 aliphatic heterocycles. The molecule has 0 spiro atoms. The molecule has 0 saturated heterocycles. The van der Waals surface area contributed by atoms with Gasteiger partial charge in [-0.05, 0) is 53.6 Å². The molecule has 3 aromatic rings. The van der Waals surface area contributed by atoms with Crippen LogP contribution in [0.3, 0.4) is 0 Å². The second kappa shape index (κ2) is 7.84. The number of halogens is 3. The van der Waals surface area contributed by atoms with Crippen LogP contribution in [0.1, 0.15) is 11.1 Å². The van der Waals surface area contributed by atoms with Crippen LogP contribution in [-0.2, 0) is 4.79 Å². The minimum Gasteiger partial charge on any atom is -0.275 e. The maximum Gasteiger partial charge on any atom is 0.262 e. The number of nitrogens with zero attached hydrogens (tertiary/aromatic N) is 1. The Morgan fingerprint density at radius 3 is 2.14 bits per heavy atom. The van der Waals surface area contributed by atoms with Gasteiger partial charge in [0.1, 0.15) is 0 Å². The lowest BCUT2D eigenvalue weighted by Crippen LogP contribution is -2.25. The molecule has 1 aliphatic rings. The largest absolute Gasteiger partial charge is 0.275 e. The molecule has 0 aliphatic carbocycles. The summed E-state index contributed by atoms with van der Waals surface area (Å²) in [7, 11) is 0. The Hall–Kier alpha value is -2.52. The highest BCUT2D eigenvalue weighted by atomic mass is 35.5. The Labute approximate surface area is 178 Å². The van der Waals surface area contributed by atoms with Crippen LogP contribution in [0.15, 0.2) is 84.4 Å². The molecular formula is C23H14Cl3NO. The highest BCUT2D eigenvalue weighted by Gasteiger charge is 2.31. The first-order valence-corrected chi connectivity index (χ1v) is 9.70. The normalized spacial score (nSPS) is 15.2. The van der Waals surface area contributed by atoms with E-state index in [4.69, 9.17) is 34.8 Å². The van der Waals surface area contributed by atoms with Crippen LogP contribution in [0.25, 0.3) is 11.8 Å². The topological polar surface area (TPSA) is 20.3 Å². The maximum absolute atomic E-state index is 13.3. The molecular weight excluding hydrogens is 413 g/mol. The van der Waals surface area contributed by atoms with Crippen molar-refractivity contribution < 1.29 is 4.79 Å². The van der Waals surface area contributed by atoms with E-state index in [9.17, 15) is 4.79 Å². The monoisotopic (exact) mass is 425 g/mol. The van der Waals surface area contributed by atoms with Crippen molar-refractivity contribution in [1.29, 1.82) is 0 Å². The number of carbonyl (C=O) groups is 1. The minimum absolute atomic E-state index is 0.155. The van der Waals surface area contributed by atoms with Crippen LogP contribution < -0.4 is 4.90 Å². The van der Waals surface area contributed by atoms with Crippen molar-refractivity contribution in [1.82, 2.24) is 0 Å². The number of benzene rings is 3. The quantitative estimate of drug-likeness (QED) is 0.408. The molecule has 0 fully saturated rings. The summed E-state index contributed by atoms with van der Waals surface area (Å²) in [5, 5.41) is 1.58. The first-order valence-electron chi connectivity index (χ1n) is 8.57. The Morgan fingerprint density at radius 2 is 1.46 bits per heavy atom. The van der Waals surface area contributed by atoms with Crippen molar-refractivity contribution >= 4 is 58.2 Å². The first kappa shape index (κ1) is 18.8. The molecule has 0 atom stereocenters. The van der Waals surface area contributed by atoms with E-state index >= 15 is 0 Å². The maximum atomic E-state index is 13.3. The predicted molar refractivity (Wildman–Crippen MR) is 118 cm³/mol. The van der Waals surface area contributed by atoms with Crippen LogP contribution in [0, 0.1) is 0 Å². The lowest BCUT2D eigenvalue weighted by molar-refractivity contribution is -0.113. The van der Waals surface area contributed by atoms with E-state index in [1.54, 1.807) is 35.2 Å². The van der Waals surface area contributed by atoms with Gasteiger partial charge in [0.15, 0.2) is 0 Å². The number of hydrogen-bond donors (Lipinski definition) is 0.